The van der Waals surface area contributed by atoms with Crippen LogP contribution in [0.3, 0.4) is 0 Å². The lowest BCUT2D eigenvalue weighted by atomic mass is 9.57. The summed E-state index contributed by atoms with van der Waals surface area (Å²) < 4.78 is 0. The lowest BCUT2D eigenvalue weighted by Gasteiger charge is -2.48. The molecule has 1 heteroatoms. The summed E-state index contributed by atoms with van der Waals surface area (Å²) in [4.78, 5) is 0. The van der Waals surface area contributed by atoms with Crippen molar-refractivity contribution in [1.29, 1.82) is 0 Å². The summed E-state index contributed by atoms with van der Waals surface area (Å²) in [6.07, 6.45) is 5.81. The molecule has 11 heavy (non-hydrogen) atoms. The third-order valence-corrected chi connectivity index (χ3v) is 4.02. The van der Waals surface area contributed by atoms with E-state index >= 15 is 0 Å². The van der Waals surface area contributed by atoms with Crippen molar-refractivity contribution < 1.29 is 0 Å². The van der Waals surface area contributed by atoms with Crippen LogP contribution in [0.2, 0.25) is 0 Å². The fourth-order valence-electron chi connectivity index (χ4n) is 3.53. The summed E-state index contributed by atoms with van der Waals surface area (Å²) >= 11 is 0. The normalized spacial score (nSPS) is 48.5. The van der Waals surface area contributed by atoms with Gasteiger partial charge in [0.2, 0.25) is 0 Å². The topological polar surface area (TPSA) is 26.0 Å². The average molecular weight is 153 g/mol. The molecule has 2 N–H and O–H groups in total. The van der Waals surface area contributed by atoms with Crippen molar-refractivity contribution in [3.8, 4) is 0 Å². The van der Waals surface area contributed by atoms with Crippen LogP contribution < -0.4 is 5.73 Å². The molecular weight excluding hydrogens is 134 g/mol. The quantitative estimate of drug-likeness (QED) is 0.645. The second kappa shape index (κ2) is 2.78. The maximum Gasteiger partial charge on any atom is -0.00434 e. The second-order valence-corrected chi connectivity index (χ2v) is 4.23. The van der Waals surface area contributed by atoms with Crippen LogP contribution in [0.15, 0.2) is 0 Å². The van der Waals surface area contributed by atoms with Gasteiger partial charge in [-0.1, -0.05) is 19.8 Å². The molecule has 2 aliphatic carbocycles. The van der Waals surface area contributed by atoms with Gasteiger partial charge in [-0.15, -0.1) is 0 Å². The Bertz CT molecular complexity index is 128. The van der Waals surface area contributed by atoms with Gasteiger partial charge in [0, 0.05) is 0 Å². The molecule has 0 aromatic rings. The van der Waals surface area contributed by atoms with Crippen LogP contribution in [0.4, 0.5) is 0 Å². The van der Waals surface area contributed by atoms with Crippen LogP contribution in [-0.4, -0.2) is 6.54 Å². The van der Waals surface area contributed by atoms with Crippen LogP contribution >= 0.6 is 0 Å². The van der Waals surface area contributed by atoms with E-state index in [-0.39, 0.29) is 0 Å². The molecule has 0 aromatic heterocycles. The van der Waals surface area contributed by atoms with Gasteiger partial charge < -0.3 is 5.73 Å². The van der Waals surface area contributed by atoms with Crippen molar-refractivity contribution in [3.63, 3.8) is 0 Å². The van der Waals surface area contributed by atoms with Crippen molar-refractivity contribution in [2.75, 3.05) is 6.54 Å². The molecule has 0 heterocycles. The highest BCUT2D eigenvalue weighted by atomic mass is 14.6. The number of fused-ring (bicyclic) bond motifs is 1. The fourth-order valence-corrected chi connectivity index (χ4v) is 3.53. The highest BCUT2D eigenvalue weighted by Gasteiger charge is 2.49. The first kappa shape index (κ1) is 7.60. The first-order valence-corrected chi connectivity index (χ1v) is 5.08. The molecule has 0 amide bonds. The molecule has 3 unspecified atom stereocenters. The van der Waals surface area contributed by atoms with E-state index in [4.69, 9.17) is 5.73 Å². The zero-order valence-corrected chi connectivity index (χ0v) is 7.42. The lowest BCUT2D eigenvalue weighted by molar-refractivity contribution is 0.00622. The predicted octanol–water partition coefficient (Wildman–Crippen LogP) is 2.02. The van der Waals surface area contributed by atoms with Crippen LogP contribution in [0.25, 0.3) is 0 Å². The van der Waals surface area contributed by atoms with Crippen molar-refractivity contribution in [2.24, 2.45) is 29.4 Å². The molecule has 0 radical (unpaired) electrons. The molecule has 4 atom stereocenters. The van der Waals surface area contributed by atoms with Crippen molar-refractivity contribution in [3.05, 3.63) is 0 Å². The molecule has 1 nitrogen and oxygen atoms in total. The van der Waals surface area contributed by atoms with E-state index in [2.05, 4.69) is 6.92 Å². The first-order valence-electron chi connectivity index (χ1n) is 5.08. The fraction of sp³-hybridized carbons (Fsp3) is 1.00. The Morgan fingerprint density at radius 2 is 1.82 bits per heavy atom. The van der Waals surface area contributed by atoms with Crippen molar-refractivity contribution in [2.45, 2.75) is 32.6 Å². The number of rotatable bonds is 2. The van der Waals surface area contributed by atoms with E-state index in [9.17, 15) is 0 Å². The molecule has 0 spiro atoms. The summed E-state index contributed by atoms with van der Waals surface area (Å²) in [6.45, 7) is 3.27. The Kier molecular flexibility index (Phi) is 1.92. The maximum absolute atomic E-state index is 5.76. The van der Waals surface area contributed by atoms with Crippen molar-refractivity contribution in [1.82, 2.24) is 0 Å². The molecule has 2 rings (SSSR count). The van der Waals surface area contributed by atoms with Gasteiger partial charge in [-0.25, -0.2) is 0 Å². The third kappa shape index (κ3) is 0.936. The third-order valence-electron chi connectivity index (χ3n) is 4.02. The standard InChI is InChI=1S/C10H19N/c1-2-7-8-4-3-5-9(8)10(7)6-11/h7-10H,2-6,11H2,1H3/t7-,8?,9?,10?/m1/s1. The molecule has 2 saturated carbocycles. The molecule has 0 aromatic carbocycles. The molecule has 0 bridgehead atoms. The summed E-state index contributed by atoms with van der Waals surface area (Å²) in [5.74, 6) is 4.00. The van der Waals surface area contributed by atoms with Crippen LogP contribution in [0.1, 0.15) is 32.6 Å². The predicted molar refractivity (Wildman–Crippen MR) is 47.2 cm³/mol. The monoisotopic (exact) mass is 153 g/mol. The molecule has 0 saturated heterocycles. The Morgan fingerprint density at radius 3 is 2.36 bits per heavy atom. The van der Waals surface area contributed by atoms with Crippen LogP contribution in [-0.2, 0) is 0 Å². The van der Waals surface area contributed by atoms with Gasteiger partial charge in [-0.3, -0.25) is 0 Å². The van der Waals surface area contributed by atoms with E-state index < -0.39 is 0 Å². The highest BCUT2D eigenvalue weighted by Crippen LogP contribution is 2.55. The molecule has 2 aliphatic rings. The van der Waals surface area contributed by atoms with Gasteiger partial charge in [0.15, 0.2) is 0 Å². The lowest BCUT2D eigenvalue weighted by Crippen LogP contribution is -2.47. The summed E-state index contributed by atoms with van der Waals surface area (Å²) in [5.41, 5.74) is 5.76. The van der Waals surface area contributed by atoms with Crippen molar-refractivity contribution >= 4 is 0 Å². The van der Waals surface area contributed by atoms with Gasteiger partial charge in [0.25, 0.3) is 0 Å². The van der Waals surface area contributed by atoms with Crippen LogP contribution in [0.5, 0.6) is 0 Å². The van der Waals surface area contributed by atoms with Gasteiger partial charge >= 0.3 is 0 Å². The molecule has 0 aliphatic heterocycles. The van der Waals surface area contributed by atoms with Gasteiger partial charge in [-0.2, -0.15) is 0 Å². The number of hydrogen-bond donors (Lipinski definition) is 1. The minimum absolute atomic E-state index is 0.896. The molecular formula is C10H19N. The van der Waals surface area contributed by atoms with E-state index in [0.29, 0.717) is 0 Å². The Hall–Kier alpha value is -0.0400. The highest BCUT2D eigenvalue weighted by molar-refractivity contribution is 4.99. The Labute approximate surface area is 69.4 Å². The largest absolute Gasteiger partial charge is 0.330 e. The number of nitrogens with two attached hydrogens (primary N) is 1. The smallest absolute Gasteiger partial charge is 0.00434 e. The van der Waals surface area contributed by atoms with E-state index in [1.165, 1.54) is 25.7 Å². The maximum atomic E-state index is 5.76. The summed E-state index contributed by atoms with van der Waals surface area (Å²) in [5, 5.41) is 0. The zero-order chi connectivity index (χ0) is 7.84. The van der Waals surface area contributed by atoms with Crippen LogP contribution in [0, 0.1) is 23.7 Å². The minimum Gasteiger partial charge on any atom is -0.330 e. The SMILES string of the molecule is CC[C@H]1C(CN)C2CCCC21. The average Bonchev–Trinajstić information content (AvgIpc) is 2.36. The van der Waals surface area contributed by atoms with Gasteiger partial charge in [0.05, 0.1) is 0 Å². The number of hydrogen-bond acceptors (Lipinski definition) is 1. The zero-order valence-electron chi connectivity index (χ0n) is 7.42. The molecule has 2 fully saturated rings. The summed E-state index contributed by atoms with van der Waals surface area (Å²) in [7, 11) is 0. The van der Waals surface area contributed by atoms with Gasteiger partial charge in [0.1, 0.15) is 0 Å². The summed E-state index contributed by atoms with van der Waals surface area (Å²) in [6, 6.07) is 0. The molecule has 64 valence electrons. The van der Waals surface area contributed by atoms with E-state index in [1.807, 2.05) is 0 Å². The van der Waals surface area contributed by atoms with E-state index in [0.717, 1.165) is 30.2 Å². The Morgan fingerprint density at radius 1 is 1.18 bits per heavy atom. The minimum atomic E-state index is 0.896. The van der Waals surface area contributed by atoms with E-state index in [1.54, 1.807) is 0 Å². The van der Waals surface area contributed by atoms with Gasteiger partial charge in [-0.05, 0) is 43.1 Å². The second-order valence-electron chi connectivity index (χ2n) is 4.23. The Balaban J connectivity index is 2.00. The first-order chi connectivity index (χ1) is 5.38.